The second kappa shape index (κ2) is 7.51. The van der Waals surface area contributed by atoms with Crippen LogP contribution in [-0.4, -0.2) is 45.2 Å². The fourth-order valence-corrected chi connectivity index (χ4v) is 3.47. The number of anilines is 1. The highest BCUT2D eigenvalue weighted by molar-refractivity contribution is 7.84. The molecule has 1 N–H and O–H groups in total. The molecule has 2 aromatic rings. The van der Waals surface area contributed by atoms with E-state index in [2.05, 4.69) is 10.3 Å². The number of benzene rings is 1. The SMILES string of the molecule is CC(CS(C)=O)N(C)C(=O)Nc1ccc(-c2nccs2)cc1. The number of nitrogens with zero attached hydrogens (tertiary/aromatic N) is 2. The highest BCUT2D eigenvalue weighted by Crippen LogP contribution is 2.23. The van der Waals surface area contributed by atoms with Gasteiger partial charge in [0.15, 0.2) is 0 Å². The number of amides is 2. The molecule has 22 heavy (non-hydrogen) atoms. The van der Waals surface area contributed by atoms with Crippen LogP contribution < -0.4 is 5.32 Å². The molecule has 0 aliphatic heterocycles. The predicted octanol–water partition coefficient (Wildman–Crippen LogP) is 3.04. The second-order valence-corrected chi connectivity index (χ2v) is 7.42. The number of aromatic nitrogens is 1. The third-order valence-corrected chi connectivity index (χ3v) is 5.05. The third kappa shape index (κ3) is 4.38. The first kappa shape index (κ1) is 16.6. The van der Waals surface area contributed by atoms with Gasteiger partial charge in [0.1, 0.15) is 5.01 Å². The van der Waals surface area contributed by atoms with Gasteiger partial charge in [0.05, 0.1) is 0 Å². The van der Waals surface area contributed by atoms with E-state index in [0.717, 1.165) is 16.3 Å². The standard InChI is InChI=1S/C15H19N3O2S2/c1-11(10-22(3)20)18(2)15(19)17-13-6-4-12(5-7-13)14-16-8-9-21-14/h4-9,11H,10H2,1-3H3,(H,17,19). The summed E-state index contributed by atoms with van der Waals surface area (Å²) in [5.74, 6) is 0.465. The van der Waals surface area contributed by atoms with Gasteiger partial charge in [-0.2, -0.15) is 0 Å². The minimum absolute atomic E-state index is 0.0829. The molecule has 0 radical (unpaired) electrons. The summed E-state index contributed by atoms with van der Waals surface area (Å²) in [7, 11) is 0.778. The number of nitrogens with one attached hydrogen (secondary N) is 1. The number of thiazole rings is 1. The quantitative estimate of drug-likeness (QED) is 0.912. The van der Waals surface area contributed by atoms with E-state index in [0.29, 0.717) is 5.75 Å². The molecule has 5 nitrogen and oxygen atoms in total. The Hall–Kier alpha value is -1.73. The van der Waals surface area contributed by atoms with Crippen molar-refractivity contribution in [2.45, 2.75) is 13.0 Å². The molecule has 0 saturated carbocycles. The van der Waals surface area contributed by atoms with Crippen LogP contribution in [0.1, 0.15) is 6.92 Å². The topological polar surface area (TPSA) is 62.3 Å². The van der Waals surface area contributed by atoms with Gasteiger partial charge in [-0.05, 0) is 31.2 Å². The van der Waals surface area contributed by atoms with Crippen molar-refractivity contribution in [1.29, 1.82) is 0 Å². The first-order valence-electron chi connectivity index (χ1n) is 6.81. The number of hydrogen-bond donors (Lipinski definition) is 1. The van der Waals surface area contributed by atoms with Gasteiger partial charge in [0.25, 0.3) is 0 Å². The fourth-order valence-electron chi connectivity index (χ4n) is 1.93. The molecular formula is C15H19N3O2S2. The van der Waals surface area contributed by atoms with E-state index in [1.165, 1.54) is 0 Å². The molecule has 1 heterocycles. The van der Waals surface area contributed by atoms with Crippen LogP contribution in [0.2, 0.25) is 0 Å². The number of hydrogen-bond acceptors (Lipinski definition) is 4. The zero-order valence-corrected chi connectivity index (χ0v) is 14.4. The van der Waals surface area contributed by atoms with Crippen LogP contribution in [-0.2, 0) is 10.8 Å². The number of carbonyl (C=O) groups excluding carboxylic acids is 1. The largest absolute Gasteiger partial charge is 0.324 e. The lowest BCUT2D eigenvalue weighted by Crippen LogP contribution is -2.40. The average Bonchev–Trinajstić information content (AvgIpc) is 3.00. The number of carbonyl (C=O) groups is 1. The lowest BCUT2D eigenvalue weighted by molar-refractivity contribution is 0.212. The first-order valence-corrected chi connectivity index (χ1v) is 9.42. The van der Waals surface area contributed by atoms with Crippen molar-refractivity contribution in [3.05, 3.63) is 35.8 Å². The van der Waals surface area contributed by atoms with Gasteiger partial charge in [0, 0.05) is 58.7 Å². The van der Waals surface area contributed by atoms with Crippen LogP contribution in [0.3, 0.4) is 0 Å². The Morgan fingerprint density at radius 2 is 2.09 bits per heavy atom. The zero-order chi connectivity index (χ0) is 16.1. The van der Waals surface area contributed by atoms with E-state index < -0.39 is 10.8 Å². The van der Waals surface area contributed by atoms with Gasteiger partial charge in [-0.25, -0.2) is 9.78 Å². The van der Waals surface area contributed by atoms with Crippen LogP contribution in [0.25, 0.3) is 10.6 Å². The summed E-state index contributed by atoms with van der Waals surface area (Å²) in [6.07, 6.45) is 3.41. The van der Waals surface area contributed by atoms with E-state index >= 15 is 0 Å². The Labute approximate surface area is 136 Å². The molecule has 0 saturated heterocycles. The summed E-state index contributed by atoms with van der Waals surface area (Å²) in [6.45, 7) is 1.88. The third-order valence-electron chi connectivity index (χ3n) is 3.27. The van der Waals surface area contributed by atoms with E-state index in [4.69, 9.17) is 0 Å². The molecule has 0 bridgehead atoms. The summed E-state index contributed by atoms with van der Waals surface area (Å²) in [5.41, 5.74) is 1.75. The molecule has 2 atom stereocenters. The van der Waals surface area contributed by atoms with Crippen LogP contribution in [0.5, 0.6) is 0 Å². The lowest BCUT2D eigenvalue weighted by Gasteiger charge is -2.24. The van der Waals surface area contributed by atoms with Crippen molar-refractivity contribution in [2.24, 2.45) is 0 Å². The number of rotatable bonds is 5. The summed E-state index contributed by atoms with van der Waals surface area (Å²) in [5, 5.41) is 5.72. The van der Waals surface area contributed by atoms with Crippen molar-refractivity contribution in [3.63, 3.8) is 0 Å². The minimum atomic E-state index is -0.927. The maximum atomic E-state index is 12.2. The highest BCUT2D eigenvalue weighted by Gasteiger charge is 2.16. The van der Waals surface area contributed by atoms with Crippen LogP contribution in [0.4, 0.5) is 10.5 Å². The maximum absolute atomic E-state index is 12.2. The van der Waals surface area contributed by atoms with Gasteiger partial charge >= 0.3 is 6.03 Å². The predicted molar refractivity (Wildman–Crippen MR) is 92.7 cm³/mol. The minimum Gasteiger partial charge on any atom is -0.324 e. The Kier molecular flexibility index (Phi) is 5.68. The van der Waals surface area contributed by atoms with Gasteiger partial charge in [-0.15, -0.1) is 11.3 Å². The van der Waals surface area contributed by atoms with E-state index in [9.17, 15) is 9.00 Å². The van der Waals surface area contributed by atoms with E-state index in [1.54, 1.807) is 35.7 Å². The molecule has 2 rings (SSSR count). The lowest BCUT2D eigenvalue weighted by atomic mass is 10.2. The fraction of sp³-hybridized carbons (Fsp3) is 0.333. The molecule has 1 aromatic heterocycles. The Morgan fingerprint density at radius 3 is 2.64 bits per heavy atom. The van der Waals surface area contributed by atoms with Crippen LogP contribution >= 0.6 is 11.3 Å². The van der Waals surface area contributed by atoms with Crippen molar-refractivity contribution in [2.75, 3.05) is 24.4 Å². The number of urea groups is 1. The summed E-state index contributed by atoms with van der Waals surface area (Å²) in [6, 6.07) is 7.27. The first-order chi connectivity index (χ1) is 10.5. The maximum Gasteiger partial charge on any atom is 0.321 e. The summed E-state index contributed by atoms with van der Waals surface area (Å²) in [4.78, 5) is 18.0. The molecule has 118 valence electrons. The molecule has 0 fully saturated rings. The molecule has 0 aliphatic rings. The molecule has 1 aromatic carbocycles. The van der Waals surface area contributed by atoms with E-state index in [-0.39, 0.29) is 12.1 Å². The summed E-state index contributed by atoms with van der Waals surface area (Å²) < 4.78 is 11.2. The highest BCUT2D eigenvalue weighted by atomic mass is 32.2. The van der Waals surface area contributed by atoms with Gasteiger partial charge in [0.2, 0.25) is 0 Å². The van der Waals surface area contributed by atoms with E-state index in [1.807, 2.05) is 36.6 Å². The second-order valence-electron chi connectivity index (χ2n) is 5.04. The molecular weight excluding hydrogens is 318 g/mol. The van der Waals surface area contributed by atoms with Crippen LogP contribution in [0.15, 0.2) is 35.8 Å². The monoisotopic (exact) mass is 337 g/mol. The molecule has 7 heteroatoms. The van der Waals surface area contributed by atoms with Gasteiger partial charge < -0.3 is 10.2 Å². The van der Waals surface area contributed by atoms with Gasteiger partial charge in [-0.3, -0.25) is 4.21 Å². The Morgan fingerprint density at radius 1 is 1.41 bits per heavy atom. The normalized spacial score (nSPS) is 13.4. The van der Waals surface area contributed by atoms with Crippen molar-refractivity contribution < 1.29 is 9.00 Å². The average molecular weight is 337 g/mol. The van der Waals surface area contributed by atoms with Crippen molar-refractivity contribution in [3.8, 4) is 10.6 Å². The van der Waals surface area contributed by atoms with Crippen molar-refractivity contribution in [1.82, 2.24) is 9.88 Å². The Bertz CT molecular complexity index is 641. The smallest absolute Gasteiger partial charge is 0.321 e. The molecule has 0 aliphatic carbocycles. The summed E-state index contributed by atoms with van der Waals surface area (Å²) >= 11 is 1.57. The van der Waals surface area contributed by atoms with Crippen LogP contribution in [0, 0.1) is 0 Å². The molecule has 0 spiro atoms. The Balaban J connectivity index is 1.98. The zero-order valence-electron chi connectivity index (χ0n) is 12.8. The molecule has 2 amide bonds. The van der Waals surface area contributed by atoms with Gasteiger partial charge in [-0.1, -0.05) is 0 Å². The van der Waals surface area contributed by atoms with Crippen molar-refractivity contribution >= 4 is 33.9 Å². The molecule has 2 unspecified atom stereocenters.